The van der Waals surface area contributed by atoms with Crippen LogP contribution in [0.1, 0.15) is 147 Å². The van der Waals surface area contributed by atoms with Crippen LogP contribution in [0.15, 0.2) is 73.1 Å². The summed E-state index contributed by atoms with van der Waals surface area (Å²) in [6.07, 6.45) is 29.7. The Morgan fingerprint density at radius 3 is 1.49 bits per heavy atom. The van der Waals surface area contributed by atoms with E-state index in [4.69, 9.17) is 0 Å². The molecule has 2 atom stereocenters. The van der Waals surface area contributed by atoms with E-state index in [0.29, 0.717) is 5.92 Å². The molecule has 41 heavy (non-hydrogen) atoms. The highest BCUT2D eigenvalue weighted by molar-refractivity contribution is 5.30. The fraction of sp³-hybridized carbons (Fsp3) is 0.641. The molecule has 1 aliphatic rings. The second-order valence-corrected chi connectivity index (χ2v) is 12.5. The van der Waals surface area contributed by atoms with Gasteiger partial charge in [-0.05, 0) is 30.9 Å². The molecule has 0 N–H and O–H groups in total. The summed E-state index contributed by atoms with van der Waals surface area (Å²) in [7, 11) is 0. The van der Waals surface area contributed by atoms with Gasteiger partial charge in [0.15, 0.2) is 0 Å². The smallest absolute Gasteiger partial charge is 0.123 e. The molecule has 0 radical (unpaired) electrons. The van der Waals surface area contributed by atoms with Crippen LogP contribution in [-0.2, 0) is 6.42 Å². The Hall–Kier alpha value is -2.22. The van der Waals surface area contributed by atoms with Crippen LogP contribution >= 0.6 is 0 Å². The van der Waals surface area contributed by atoms with E-state index in [0.717, 1.165) is 25.9 Å². The first-order valence-corrected chi connectivity index (χ1v) is 17.6. The fourth-order valence-electron chi connectivity index (χ4n) is 7.20. The molecule has 0 fully saturated rings. The third-order valence-corrected chi connectivity index (χ3v) is 9.49. The Labute approximate surface area is 254 Å². The summed E-state index contributed by atoms with van der Waals surface area (Å²) in [5.41, 5.74) is 2.84. The number of rotatable bonds is 23. The molecule has 3 rings (SSSR count). The summed E-state index contributed by atoms with van der Waals surface area (Å²) in [6, 6.07) is 22.5. The van der Waals surface area contributed by atoms with E-state index in [-0.39, 0.29) is 5.66 Å². The molecule has 0 aromatic heterocycles. The third kappa shape index (κ3) is 10.5. The first-order chi connectivity index (χ1) is 20.3. The van der Waals surface area contributed by atoms with Crippen molar-refractivity contribution >= 4 is 0 Å². The first kappa shape index (κ1) is 33.3. The normalized spacial score (nSPS) is 17.4. The van der Waals surface area contributed by atoms with E-state index in [1.54, 1.807) is 0 Å². The number of unbranched alkanes of at least 4 members (excludes halogenated alkanes) is 15. The van der Waals surface area contributed by atoms with Crippen molar-refractivity contribution in [3.63, 3.8) is 0 Å². The van der Waals surface area contributed by atoms with Gasteiger partial charge in [-0.25, -0.2) is 0 Å². The topological polar surface area (TPSA) is 6.48 Å². The summed E-state index contributed by atoms with van der Waals surface area (Å²) in [5.74, 6) is 0.444. The van der Waals surface area contributed by atoms with Crippen LogP contribution in [0, 0.1) is 0 Å². The number of benzene rings is 2. The summed E-state index contributed by atoms with van der Waals surface area (Å²) in [4.78, 5) is 5.35. The molecule has 1 aliphatic heterocycles. The van der Waals surface area contributed by atoms with Gasteiger partial charge in [0, 0.05) is 37.8 Å². The van der Waals surface area contributed by atoms with Crippen molar-refractivity contribution in [1.29, 1.82) is 0 Å². The Morgan fingerprint density at radius 1 is 0.537 bits per heavy atom. The van der Waals surface area contributed by atoms with Crippen LogP contribution in [0.2, 0.25) is 0 Å². The van der Waals surface area contributed by atoms with Crippen molar-refractivity contribution in [3.05, 3.63) is 84.2 Å². The van der Waals surface area contributed by atoms with Gasteiger partial charge in [-0.2, -0.15) is 0 Å². The molecule has 0 saturated heterocycles. The Balaban J connectivity index is 1.44. The number of hydrogen-bond acceptors (Lipinski definition) is 2. The van der Waals surface area contributed by atoms with Gasteiger partial charge in [0.1, 0.15) is 5.66 Å². The quantitative estimate of drug-likeness (QED) is 0.125. The highest BCUT2D eigenvalue weighted by atomic mass is 15.4. The van der Waals surface area contributed by atoms with Crippen LogP contribution in [-0.4, -0.2) is 28.6 Å². The third-order valence-electron chi connectivity index (χ3n) is 9.49. The lowest BCUT2D eigenvalue weighted by atomic mass is 9.78. The Bertz CT molecular complexity index is 923. The second kappa shape index (κ2) is 19.8. The molecule has 2 nitrogen and oxygen atoms in total. The SMILES string of the molecule is CCCCCCCCCCCCCCCCCCN1C=CN(CC)C1(Cc1ccccc1)C(CC)c1ccccc1. The number of nitrogens with zero attached hydrogens (tertiary/aromatic N) is 2. The average molecular weight is 559 g/mol. The maximum absolute atomic E-state index is 2.72. The highest BCUT2D eigenvalue weighted by Crippen LogP contribution is 2.45. The second-order valence-electron chi connectivity index (χ2n) is 12.5. The van der Waals surface area contributed by atoms with Crippen molar-refractivity contribution in [1.82, 2.24) is 9.80 Å². The molecule has 0 amide bonds. The van der Waals surface area contributed by atoms with Crippen LogP contribution in [0.5, 0.6) is 0 Å². The van der Waals surface area contributed by atoms with Gasteiger partial charge in [-0.15, -0.1) is 0 Å². The molecule has 2 unspecified atom stereocenters. The lowest BCUT2D eigenvalue weighted by molar-refractivity contribution is -0.00000801. The molecule has 2 heteroatoms. The molecule has 0 bridgehead atoms. The molecule has 0 saturated carbocycles. The molecule has 0 aliphatic carbocycles. The first-order valence-electron chi connectivity index (χ1n) is 17.6. The molecule has 1 heterocycles. The monoisotopic (exact) mass is 558 g/mol. The lowest BCUT2D eigenvalue weighted by Crippen LogP contribution is -2.59. The number of hydrogen-bond donors (Lipinski definition) is 0. The van der Waals surface area contributed by atoms with E-state index in [2.05, 4.69) is 104 Å². The van der Waals surface area contributed by atoms with Gasteiger partial charge >= 0.3 is 0 Å². The van der Waals surface area contributed by atoms with Gasteiger partial charge in [-0.1, -0.05) is 171 Å². The summed E-state index contributed by atoms with van der Waals surface area (Å²) in [5, 5.41) is 0. The summed E-state index contributed by atoms with van der Waals surface area (Å²) in [6.45, 7) is 9.17. The van der Waals surface area contributed by atoms with Crippen molar-refractivity contribution < 1.29 is 0 Å². The van der Waals surface area contributed by atoms with Gasteiger partial charge in [0.25, 0.3) is 0 Å². The van der Waals surface area contributed by atoms with Crippen molar-refractivity contribution in [2.24, 2.45) is 0 Å². The zero-order valence-electron chi connectivity index (χ0n) is 27.0. The summed E-state index contributed by atoms with van der Waals surface area (Å²) >= 11 is 0. The molecule has 0 spiro atoms. The van der Waals surface area contributed by atoms with Crippen molar-refractivity contribution in [2.75, 3.05) is 13.1 Å². The van der Waals surface area contributed by atoms with Gasteiger partial charge in [0.05, 0.1) is 0 Å². The van der Waals surface area contributed by atoms with E-state index in [1.807, 2.05) is 0 Å². The summed E-state index contributed by atoms with van der Waals surface area (Å²) < 4.78 is 0. The average Bonchev–Trinajstić information content (AvgIpc) is 3.35. The standard InChI is InChI=1S/C39H62N2/c1-4-7-8-9-10-11-12-13-14-15-16-17-18-19-20-27-32-41-34-33-40(6-3)39(41,35-36-28-23-21-24-29-36)38(5-2)37-30-25-22-26-31-37/h21-26,28-31,33-34,38H,4-20,27,32,35H2,1-3H3. The van der Waals surface area contributed by atoms with Crippen LogP contribution in [0.4, 0.5) is 0 Å². The van der Waals surface area contributed by atoms with E-state index in [9.17, 15) is 0 Å². The maximum atomic E-state index is 2.72. The lowest BCUT2D eigenvalue weighted by Gasteiger charge is -2.51. The van der Waals surface area contributed by atoms with Gasteiger partial charge < -0.3 is 9.80 Å². The zero-order chi connectivity index (χ0) is 29.0. The molecular weight excluding hydrogens is 496 g/mol. The minimum absolute atomic E-state index is 0.0539. The van der Waals surface area contributed by atoms with Crippen LogP contribution in [0.3, 0.4) is 0 Å². The van der Waals surface area contributed by atoms with Crippen molar-refractivity contribution in [2.45, 2.75) is 148 Å². The zero-order valence-corrected chi connectivity index (χ0v) is 27.0. The highest BCUT2D eigenvalue weighted by Gasteiger charge is 2.48. The predicted molar refractivity (Wildman–Crippen MR) is 180 cm³/mol. The van der Waals surface area contributed by atoms with Crippen LogP contribution < -0.4 is 0 Å². The maximum Gasteiger partial charge on any atom is 0.123 e. The fourth-order valence-corrected chi connectivity index (χ4v) is 7.20. The number of likely N-dealkylation sites (N-methyl/N-ethyl adjacent to an activating group) is 1. The largest absolute Gasteiger partial charge is 0.353 e. The minimum atomic E-state index is -0.0539. The van der Waals surface area contributed by atoms with E-state index < -0.39 is 0 Å². The van der Waals surface area contributed by atoms with E-state index >= 15 is 0 Å². The van der Waals surface area contributed by atoms with Crippen molar-refractivity contribution in [3.8, 4) is 0 Å². The predicted octanol–water partition coefficient (Wildman–Crippen LogP) is 11.5. The minimum Gasteiger partial charge on any atom is -0.353 e. The molecule has 228 valence electrons. The molecular formula is C39H62N2. The van der Waals surface area contributed by atoms with Gasteiger partial charge in [0.2, 0.25) is 0 Å². The van der Waals surface area contributed by atoms with Crippen LogP contribution in [0.25, 0.3) is 0 Å². The molecule has 2 aromatic rings. The van der Waals surface area contributed by atoms with E-state index in [1.165, 1.54) is 114 Å². The molecule has 2 aromatic carbocycles. The van der Waals surface area contributed by atoms with Gasteiger partial charge in [-0.3, -0.25) is 0 Å². The Kier molecular flexibility index (Phi) is 16.1. The Morgan fingerprint density at radius 2 is 1.00 bits per heavy atom.